The maximum absolute atomic E-state index is 12.4. The van der Waals surface area contributed by atoms with Gasteiger partial charge in [0, 0.05) is 24.6 Å². The standard InChI is InChI=1S/C28H45NO/c1-18(2)9-8-10-19(3)21-11-12-22-26-20(4)17-24-28(6,16-14-25(30)29(24)7)23(26)13-15-27(21,22)5/h17-19,21-23,26H,4,8-16H2,1-3,5-7H3/t19?,21?,22?,23?,26?,27-,28-/m1/s1. The van der Waals surface area contributed by atoms with Gasteiger partial charge < -0.3 is 4.90 Å². The molecule has 1 saturated heterocycles. The van der Waals surface area contributed by atoms with E-state index in [1.165, 1.54) is 56.2 Å². The minimum Gasteiger partial charge on any atom is -0.319 e. The number of carbonyl (C=O) groups is 1. The summed E-state index contributed by atoms with van der Waals surface area (Å²) < 4.78 is 0. The number of hydrogen-bond donors (Lipinski definition) is 0. The molecule has 2 heteroatoms. The second-order valence-electron chi connectivity index (χ2n) is 12.2. The van der Waals surface area contributed by atoms with E-state index in [1.54, 1.807) is 0 Å². The third kappa shape index (κ3) is 3.32. The molecule has 3 aliphatic carbocycles. The molecule has 4 rings (SSSR count). The van der Waals surface area contributed by atoms with E-state index in [2.05, 4.69) is 47.3 Å². The maximum Gasteiger partial charge on any atom is 0.226 e. The van der Waals surface area contributed by atoms with E-state index >= 15 is 0 Å². The molecule has 30 heavy (non-hydrogen) atoms. The van der Waals surface area contributed by atoms with E-state index < -0.39 is 0 Å². The molecule has 3 fully saturated rings. The number of hydrogen-bond acceptors (Lipinski definition) is 1. The van der Waals surface area contributed by atoms with Gasteiger partial charge in [-0.05, 0) is 84.7 Å². The zero-order valence-electron chi connectivity index (χ0n) is 20.5. The van der Waals surface area contributed by atoms with Crippen LogP contribution in [0.25, 0.3) is 0 Å². The zero-order valence-corrected chi connectivity index (χ0v) is 20.5. The van der Waals surface area contributed by atoms with Gasteiger partial charge >= 0.3 is 0 Å². The Labute approximate surface area is 185 Å². The van der Waals surface area contributed by atoms with Gasteiger partial charge in [0.1, 0.15) is 0 Å². The lowest BCUT2D eigenvalue weighted by molar-refractivity contribution is -0.135. The van der Waals surface area contributed by atoms with E-state index in [-0.39, 0.29) is 11.3 Å². The summed E-state index contributed by atoms with van der Waals surface area (Å²) in [6.07, 6.45) is 13.7. The Morgan fingerprint density at radius 3 is 2.53 bits per heavy atom. The van der Waals surface area contributed by atoms with Crippen LogP contribution in [0.3, 0.4) is 0 Å². The molecule has 168 valence electrons. The van der Waals surface area contributed by atoms with Crippen molar-refractivity contribution >= 4 is 5.91 Å². The molecule has 2 nitrogen and oxygen atoms in total. The zero-order chi connectivity index (χ0) is 21.8. The fourth-order valence-electron chi connectivity index (χ4n) is 8.48. The second-order valence-corrected chi connectivity index (χ2v) is 12.2. The predicted octanol–water partition coefficient (Wildman–Crippen LogP) is 7.22. The van der Waals surface area contributed by atoms with Crippen molar-refractivity contribution in [3.8, 4) is 0 Å². The van der Waals surface area contributed by atoms with Crippen LogP contribution in [-0.2, 0) is 4.79 Å². The first-order chi connectivity index (χ1) is 14.1. The molecule has 0 spiro atoms. The molecule has 0 aromatic carbocycles. The lowest BCUT2D eigenvalue weighted by Crippen LogP contribution is -2.54. The molecule has 4 aliphatic rings. The molecule has 0 aromatic heterocycles. The summed E-state index contributed by atoms with van der Waals surface area (Å²) in [6, 6.07) is 0. The van der Waals surface area contributed by atoms with Crippen LogP contribution in [0.4, 0.5) is 0 Å². The van der Waals surface area contributed by atoms with Gasteiger partial charge in [-0.3, -0.25) is 4.79 Å². The van der Waals surface area contributed by atoms with Gasteiger partial charge in [-0.1, -0.05) is 60.5 Å². The monoisotopic (exact) mass is 411 g/mol. The molecule has 7 atom stereocenters. The summed E-state index contributed by atoms with van der Waals surface area (Å²) in [5, 5.41) is 0. The summed E-state index contributed by atoms with van der Waals surface area (Å²) in [6.45, 7) is 16.9. The van der Waals surface area contributed by atoms with Crippen LogP contribution < -0.4 is 0 Å². The van der Waals surface area contributed by atoms with E-state index in [4.69, 9.17) is 0 Å². The van der Waals surface area contributed by atoms with E-state index in [1.807, 2.05) is 11.9 Å². The molecule has 0 bridgehead atoms. The topological polar surface area (TPSA) is 20.3 Å². The molecule has 1 heterocycles. The molecule has 0 radical (unpaired) electrons. The first-order valence-electron chi connectivity index (χ1n) is 12.8. The molecular formula is C28H45NO. The highest BCUT2D eigenvalue weighted by Gasteiger charge is 2.60. The molecule has 2 saturated carbocycles. The van der Waals surface area contributed by atoms with E-state index in [9.17, 15) is 4.79 Å². The molecule has 0 aromatic rings. The Kier molecular flexibility index (Phi) is 5.78. The normalized spacial score (nSPS) is 42.0. The van der Waals surface area contributed by atoms with Crippen molar-refractivity contribution in [3.05, 3.63) is 23.9 Å². The van der Waals surface area contributed by atoms with Crippen molar-refractivity contribution in [2.45, 2.75) is 92.4 Å². The van der Waals surface area contributed by atoms with Crippen molar-refractivity contribution in [2.24, 2.45) is 46.3 Å². The lowest BCUT2D eigenvalue weighted by Gasteiger charge is -2.59. The quantitative estimate of drug-likeness (QED) is 0.467. The largest absolute Gasteiger partial charge is 0.319 e. The lowest BCUT2D eigenvalue weighted by atomic mass is 9.47. The van der Waals surface area contributed by atoms with E-state index in [0.29, 0.717) is 23.7 Å². The average Bonchev–Trinajstić information content (AvgIpc) is 3.03. The number of likely N-dealkylation sites (tertiary alicyclic amines) is 1. The minimum absolute atomic E-state index is 0.150. The Morgan fingerprint density at radius 2 is 1.83 bits per heavy atom. The second kappa shape index (κ2) is 7.82. The van der Waals surface area contributed by atoms with Crippen LogP contribution in [0.2, 0.25) is 0 Å². The van der Waals surface area contributed by atoms with Gasteiger partial charge in [-0.25, -0.2) is 0 Å². The predicted molar refractivity (Wildman–Crippen MR) is 126 cm³/mol. The van der Waals surface area contributed by atoms with Gasteiger partial charge in [0.05, 0.1) is 0 Å². The Bertz CT molecular complexity index is 735. The smallest absolute Gasteiger partial charge is 0.226 e. The Morgan fingerprint density at radius 1 is 1.10 bits per heavy atom. The first-order valence-corrected chi connectivity index (χ1v) is 12.8. The van der Waals surface area contributed by atoms with E-state index in [0.717, 1.165) is 30.1 Å². The van der Waals surface area contributed by atoms with Gasteiger partial charge in [0.15, 0.2) is 0 Å². The van der Waals surface area contributed by atoms with Crippen LogP contribution in [0, 0.1) is 46.3 Å². The van der Waals surface area contributed by atoms with Gasteiger partial charge in [-0.2, -0.15) is 0 Å². The number of fused-ring (bicyclic) bond motifs is 5. The van der Waals surface area contributed by atoms with Gasteiger partial charge in [0.25, 0.3) is 0 Å². The highest BCUT2D eigenvalue weighted by Crippen LogP contribution is 2.67. The van der Waals surface area contributed by atoms with Crippen LogP contribution in [-0.4, -0.2) is 17.9 Å². The van der Waals surface area contributed by atoms with Gasteiger partial charge in [-0.15, -0.1) is 0 Å². The molecule has 0 N–H and O–H groups in total. The third-order valence-corrected chi connectivity index (χ3v) is 10.2. The summed E-state index contributed by atoms with van der Waals surface area (Å²) in [7, 11) is 1.98. The summed E-state index contributed by atoms with van der Waals surface area (Å²) in [4.78, 5) is 14.3. The van der Waals surface area contributed by atoms with Crippen molar-refractivity contribution in [1.82, 2.24) is 4.90 Å². The fraction of sp³-hybridized carbons (Fsp3) is 0.821. The number of nitrogens with zero attached hydrogens (tertiary/aromatic N) is 1. The number of allylic oxidation sites excluding steroid dienone is 3. The number of carbonyl (C=O) groups excluding carboxylic acids is 1. The summed E-state index contributed by atoms with van der Waals surface area (Å²) >= 11 is 0. The summed E-state index contributed by atoms with van der Waals surface area (Å²) in [5.41, 5.74) is 3.19. The number of amides is 1. The van der Waals surface area contributed by atoms with Gasteiger partial charge in [0.2, 0.25) is 5.91 Å². The van der Waals surface area contributed by atoms with Crippen LogP contribution in [0.15, 0.2) is 23.9 Å². The minimum atomic E-state index is 0.150. The molecular weight excluding hydrogens is 366 g/mol. The summed E-state index contributed by atoms with van der Waals surface area (Å²) in [5.74, 6) is 4.87. The maximum atomic E-state index is 12.4. The number of rotatable bonds is 5. The van der Waals surface area contributed by atoms with Crippen LogP contribution in [0.1, 0.15) is 92.4 Å². The van der Waals surface area contributed by atoms with Crippen LogP contribution >= 0.6 is 0 Å². The van der Waals surface area contributed by atoms with Crippen LogP contribution in [0.5, 0.6) is 0 Å². The number of piperidine rings is 1. The Balaban J connectivity index is 1.57. The van der Waals surface area contributed by atoms with Crippen molar-refractivity contribution < 1.29 is 4.79 Å². The highest BCUT2D eigenvalue weighted by atomic mass is 16.2. The molecule has 5 unspecified atom stereocenters. The van der Waals surface area contributed by atoms with Crippen molar-refractivity contribution in [2.75, 3.05) is 7.05 Å². The first kappa shape index (κ1) is 22.2. The highest BCUT2D eigenvalue weighted by molar-refractivity contribution is 5.80. The Hall–Kier alpha value is -1.05. The average molecular weight is 412 g/mol. The fourth-order valence-corrected chi connectivity index (χ4v) is 8.48. The third-order valence-electron chi connectivity index (χ3n) is 10.2. The molecule has 1 aliphatic heterocycles. The SMILES string of the molecule is C=C1C=C2N(C)C(=O)CC[C@]2(C)C2CC[C@]3(C)C(C(C)CCCC(C)C)CCC3C12. The van der Waals surface area contributed by atoms with Crippen molar-refractivity contribution in [1.29, 1.82) is 0 Å². The van der Waals surface area contributed by atoms with Crippen molar-refractivity contribution in [3.63, 3.8) is 0 Å². The molecule has 1 amide bonds.